The van der Waals surface area contributed by atoms with Gasteiger partial charge in [0.05, 0.1) is 6.04 Å². The molecule has 0 aliphatic carbocycles. The molecule has 0 heterocycles. The van der Waals surface area contributed by atoms with Gasteiger partial charge in [-0.05, 0) is 57.1 Å². The van der Waals surface area contributed by atoms with Crippen molar-refractivity contribution in [3.8, 4) is 0 Å². The van der Waals surface area contributed by atoms with Gasteiger partial charge in [-0.25, -0.2) is 4.79 Å². The van der Waals surface area contributed by atoms with Crippen LogP contribution in [0.3, 0.4) is 0 Å². The zero-order valence-corrected chi connectivity index (χ0v) is 19.8. The number of hydrogen-bond acceptors (Lipinski definition) is 7. The van der Waals surface area contributed by atoms with E-state index >= 15 is 0 Å². The van der Waals surface area contributed by atoms with Crippen LogP contribution in [0.15, 0.2) is 0 Å². The normalized spacial score (nSPS) is 14.9. The van der Waals surface area contributed by atoms with Crippen LogP contribution in [0.1, 0.15) is 52.9 Å². The Kier molecular flexibility index (Phi) is 14.9. The van der Waals surface area contributed by atoms with Crippen molar-refractivity contribution in [1.82, 2.24) is 16.0 Å². The van der Waals surface area contributed by atoms with Crippen LogP contribution in [0.2, 0.25) is 0 Å². The van der Waals surface area contributed by atoms with Crippen LogP contribution in [0.25, 0.3) is 0 Å². The van der Waals surface area contributed by atoms with Gasteiger partial charge in [0.1, 0.15) is 18.1 Å². The molecule has 0 saturated carbocycles. The topological polar surface area (TPSA) is 177 Å². The summed E-state index contributed by atoms with van der Waals surface area (Å²) in [6, 6.07) is -3.59. The van der Waals surface area contributed by atoms with Crippen LogP contribution in [-0.4, -0.2) is 71.5 Å². The van der Waals surface area contributed by atoms with E-state index in [1.54, 1.807) is 0 Å². The first-order valence-electron chi connectivity index (χ1n) is 10.6. The number of unbranched alkanes of at least 4 members (excludes halogenated alkanes) is 1. The van der Waals surface area contributed by atoms with Crippen LogP contribution in [0.5, 0.6) is 0 Å². The van der Waals surface area contributed by atoms with Gasteiger partial charge < -0.3 is 32.5 Å². The van der Waals surface area contributed by atoms with E-state index in [0.717, 1.165) is 6.42 Å². The average Bonchev–Trinajstić information content (AvgIpc) is 2.69. The Morgan fingerprint density at radius 2 is 1.52 bits per heavy atom. The smallest absolute Gasteiger partial charge is 0.326 e. The summed E-state index contributed by atoms with van der Waals surface area (Å²) < 4.78 is 0. The molecule has 180 valence electrons. The molecular formula is C20H39N5O5S. The average molecular weight is 462 g/mol. The number of thioether (sulfide) groups is 1. The highest BCUT2D eigenvalue weighted by Gasteiger charge is 2.29. The number of amides is 3. The Labute approximate surface area is 189 Å². The van der Waals surface area contributed by atoms with E-state index in [0.29, 0.717) is 31.6 Å². The largest absolute Gasteiger partial charge is 0.480 e. The molecule has 4 atom stereocenters. The van der Waals surface area contributed by atoms with Gasteiger partial charge in [0, 0.05) is 0 Å². The van der Waals surface area contributed by atoms with Gasteiger partial charge in [0.25, 0.3) is 0 Å². The number of carbonyl (C=O) groups is 4. The lowest BCUT2D eigenvalue weighted by molar-refractivity contribution is -0.142. The van der Waals surface area contributed by atoms with Crippen LogP contribution in [0, 0.1) is 5.92 Å². The molecule has 0 aliphatic heterocycles. The first-order chi connectivity index (χ1) is 14.5. The summed E-state index contributed by atoms with van der Waals surface area (Å²) in [6.45, 7) is 5.80. The summed E-state index contributed by atoms with van der Waals surface area (Å²) in [5, 5.41) is 17.0. The SMILES string of the molecule is CSCCC(NC(=O)C(CC(C)C)NC(=O)C(C)NC(=O)C(N)CCCCN)C(=O)O. The number of carboxylic acid groups (broad SMARTS) is 1. The Bertz CT molecular complexity index is 590. The maximum absolute atomic E-state index is 12.7. The van der Waals surface area contributed by atoms with Crippen molar-refractivity contribution >= 4 is 35.5 Å². The van der Waals surface area contributed by atoms with Gasteiger partial charge in [-0.3, -0.25) is 14.4 Å². The molecule has 10 nitrogen and oxygen atoms in total. The van der Waals surface area contributed by atoms with Crippen molar-refractivity contribution in [2.45, 2.75) is 77.0 Å². The monoisotopic (exact) mass is 461 g/mol. The van der Waals surface area contributed by atoms with Crippen molar-refractivity contribution in [3.05, 3.63) is 0 Å². The molecular weight excluding hydrogens is 422 g/mol. The molecule has 0 spiro atoms. The molecule has 8 N–H and O–H groups in total. The summed E-state index contributed by atoms with van der Waals surface area (Å²) in [4.78, 5) is 48.8. The highest BCUT2D eigenvalue weighted by Crippen LogP contribution is 2.08. The zero-order chi connectivity index (χ0) is 24.0. The Balaban J connectivity index is 4.97. The summed E-state index contributed by atoms with van der Waals surface area (Å²) >= 11 is 1.48. The predicted octanol–water partition coefficient (Wildman–Crippen LogP) is -0.199. The minimum Gasteiger partial charge on any atom is -0.480 e. The lowest BCUT2D eigenvalue weighted by atomic mass is 10.0. The summed E-state index contributed by atoms with van der Waals surface area (Å²) in [5.74, 6) is -2.03. The fourth-order valence-corrected chi connectivity index (χ4v) is 3.26. The second kappa shape index (κ2) is 15.9. The van der Waals surface area contributed by atoms with Gasteiger partial charge >= 0.3 is 5.97 Å². The lowest BCUT2D eigenvalue weighted by Crippen LogP contribution is -2.56. The molecule has 4 unspecified atom stereocenters. The van der Waals surface area contributed by atoms with E-state index in [4.69, 9.17) is 11.5 Å². The first-order valence-corrected chi connectivity index (χ1v) is 12.0. The second-order valence-electron chi connectivity index (χ2n) is 7.99. The van der Waals surface area contributed by atoms with E-state index in [1.165, 1.54) is 18.7 Å². The molecule has 0 aromatic rings. The number of nitrogens with two attached hydrogens (primary N) is 2. The maximum Gasteiger partial charge on any atom is 0.326 e. The molecule has 0 rings (SSSR count). The van der Waals surface area contributed by atoms with E-state index in [2.05, 4.69) is 16.0 Å². The summed E-state index contributed by atoms with van der Waals surface area (Å²) in [5.41, 5.74) is 11.3. The Morgan fingerprint density at radius 1 is 0.903 bits per heavy atom. The van der Waals surface area contributed by atoms with Crippen molar-refractivity contribution < 1.29 is 24.3 Å². The molecule has 11 heteroatoms. The molecule has 0 bridgehead atoms. The third kappa shape index (κ3) is 12.6. The summed E-state index contributed by atoms with van der Waals surface area (Å²) in [6.07, 6.45) is 4.39. The van der Waals surface area contributed by atoms with Crippen molar-refractivity contribution in [3.63, 3.8) is 0 Å². The number of carbonyl (C=O) groups excluding carboxylic acids is 3. The number of hydrogen-bond donors (Lipinski definition) is 6. The highest BCUT2D eigenvalue weighted by molar-refractivity contribution is 7.98. The third-order valence-electron chi connectivity index (χ3n) is 4.62. The van der Waals surface area contributed by atoms with Crippen LogP contribution in [-0.2, 0) is 19.2 Å². The second-order valence-corrected chi connectivity index (χ2v) is 8.98. The van der Waals surface area contributed by atoms with Gasteiger partial charge in [-0.1, -0.05) is 20.3 Å². The fraction of sp³-hybridized carbons (Fsp3) is 0.800. The Hall–Kier alpha value is -1.85. The predicted molar refractivity (Wildman–Crippen MR) is 122 cm³/mol. The zero-order valence-electron chi connectivity index (χ0n) is 19.0. The molecule has 0 radical (unpaired) electrons. The van der Waals surface area contributed by atoms with Crippen LogP contribution >= 0.6 is 11.8 Å². The van der Waals surface area contributed by atoms with Crippen LogP contribution < -0.4 is 27.4 Å². The van der Waals surface area contributed by atoms with Gasteiger partial charge in [0.2, 0.25) is 17.7 Å². The molecule has 0 aliphatic rings. The molecule has 31 heavy (non-hydrogen) atoms. The molecule has 0 aromatic carbocycles. The van der Waals surface area contributed by atoms with Gasteiger partial charge in [-0.15, -0.1) is 0 Å². The highest BCUT2D eigenvalue weighted by atomic mass is 32.2. The van der Waals surface area contributed by atoms with Crippen molar-refractivity contribution in [1.29, 1.82) is 0 Å². The van der Waals surface area contributed by atoms with Gasteiger partial charge in [-0.2, -0.15) is 11.8 Å². The minimum absolute atomic E-state index is 0.0754. The Morgan fingerprint density at radius 3 is 2.03 bits per heavy atom. The number of aliphatic carboxylic acids is 1. The number of carboxylic acids is 1. The molecule has 3 amide bonds. The first kappa shape index (κ1) is 29.1. The molecule has 0 saturated heterocycles. The van der Waals surface area contributed by atoms with E-state index in [-0.39, 0.29) is 12.3 Å². The van der Waals surface area contributed by atoms with E-state index in [1.807, 2.05) is 20.1 Å². The molecule has 0 fully saturated rings. The number of nitrogens with one attached hydrogen (secondary N) is 3. The number of rotatable bonds is 16. The lowest BCUT2D eigenvalue weighted by Gasteiger charge is -2.24. The molecule has 0 aromatic heterocycles. The standard InChI is InChI=1S/C20H39N5O5S/c1-12(2)11-16(19(28)24-15(20(29)30)8-10-31-4)25-17(26)13(3)23-18(27)14(22)7-5-6-9-21/h12-16H,5-11,21-22H2,1-4H3,(H,23,27)(H,24,28)(H,25,26)(H,29,30). The third-order valence-corrected chi connectivity index (χ3v) is 5.27. The van der Waals surface area contributed by atoms with Gasteiger partial charge in [0.15, 0.2) is 0 Å². The van der Waals surface area contributed by atoms with Crippen molar-refractivity contribution in [2.24, 2.45) is 17.4 Å². The summed E-state index contributed by atoms with van der Waals surface area (Å²) in [7, 11) is 0. The minimum atomic E-state index is -1.12. The quantitative estimate of drug-likeness (QED) is 0.171. The maximum atomic E-state index is 12.7. The fourth-order valence-electron chi connectivity index (χ4n) is 2.79. The van der Waals surface area contributed by atoms with Crippen molar-refractivity contribution in [2.75, 3.05) is 18.6 Å². The van der Waals surface area contributed by atoms with E-state index < -0.39 is 47.9 Å². The van der Waals surface area contributed by atoms with E-state index in [9.17, 15) is 24.3 Å². The van der Waals surface area contributed by atoms with Crippen LogP contribution in [0.4, 0.5) is 0 Å².